The van der Waals surface area contributed by atoms with Crippen LogP contribution in [0, 0.1) is 5.92 Å². The van der Waals surface area contributed by atoms with Crippen molar-refractivity contribution in [3.8, 4) is 0 Å². The SMILES string of the molecule is CNCC(C)C(=O)N(CCOC)CC(=O)O. The molecule has 1 unspecified atom stereocenters. The molecule has 0 aromatic carbocycles. The Morgan fingerprint density at radius 3 is 2.56 bits per heavy atom. The van der Waals surface area contributed by atoms with Gasteiger partial charge in [0.1, 0.15) is 6.54 Å². The lowest BCUT2D eigenvalue weighted by atomic mass is 10.1. The number of amides is 1. The van der Waals surface area contributed by atoms with E-state index in [1.54, 1.807) is 14.0 Å². The van der Waals surface area contributed by atoms with Gasteiger partial charge in [0.2, 0.25) is 5.91 Å². The molecular formula is C10H20N2O4. The Hall–Kier alpha value is -1.14. The van der Waals surface area contributed by atoms with E-state index in [0.29, 0.717) is 19.7 Å². The zero-order chi connectivity index (χ0) is 12.6. The molecule has 0 aromatic rings. The maximum atomic E-state index is 11.8. The van der Waals surface area contributed by atoms with Crippen LogP contribution < -0.4 is 5.32 Å². The van der Waals surface area contributed by atoms with Gasteiger partial charge >= 0.3 is 5.97 Å². The van der Waals surface area contributed by atoms with Crippen LogP contribution in [0.5, 0.6) is 0 Å². The Bertz CT molecular complexity index is 233. The third kappa shape index (κ3) is 5.67. The first-order chi connectivity index (χ1) is 7.52. The average Bonchev–Trinajstić information content (AvgIpc) is 2.23. The van der Waals surface area contributed by atoms with Crippen LogP contribution in [-0.2, 0) is 14.3 Å². The van der Waals surface area contributed by atoms with Crippen molar-refractivity contribution in [1.82, 2.24) is 10.2 Å². The summed E-state index contributed by atoms with van der Waals surface area (Å²) >= 11 is 0. The molecule has 0 saturated heterocycles. The third-order valence-electron chi connectivity index (χ3n) is 2.14. The minimum atomic E-state index is -1.01. The predicted octanol–water partition coefficient (Wildman–Crippen LogP) is -0.598. The Balaban J connectivity index is 4.35. The summed E-state index contributed by atoms with van der Waals surface area (Å²) in [5.41, 5.74) is 0. The summed E-state index contributed by atoms with van der Waals surface area (Å²) in [5.74, 6) is -1.42. The van der Waals surface area contributed by atoms with Crippen molar-refractivity contribution in [2.75, 3.05) is 40.4 Å². The quantitative estimate of drug-likeness (QED) is 0.584. The van der Waals surface area contributed by atoms with Crippen molar-refractivity contribution in [3.05, 3.63) is 0 Å². The number of carboxylic acid groups (broad SMARTS) is 1. The summed E-state index contributed by atoms with van der Waals surface area (Å²) in [7, 11) is 3.26. The van der Waals surface area contributed by atoms with Crippen molar-refractivity contribution in [3.63, 3.8) is 0 Å². The highest BCUT2D eigenvalue weighted by Gasteiger charge is 2.21. The van der Waals surface area contributed by atoms with E-state index in [-0.39, 0.29) is 18.4 Å². The van der Waals surface area contributed by atoms with E-state index < -0.39 is 5.97 Å². The van der Waals surface area contributed by atoms with Gasteiger partial charge in [0, 0.05) is 26.1 Å². The van der Waals surface area contributed by atoms with Gasteiger partial charge in [-0.15, -0.1) is 0 Å². The molecule has 0 heterocycles. The zero-order valence-corrected chi connectivity index (χ0v) is 10.0. The monoisotopic (exact) mass is 232 g/mol. The van der Waals surface area contributed by atoms with Crippen LogP contribution in [0.1, 0.15) is 6.92 Å². The number of methoxy groups -OCH3 is 1. The van der Waals surface area contributed by atoms with Gasteiger partial charge in [-0.1, -0.05) is 6.92 Å². The molecule has 6 heteroatoms. The van der Waals surface area contributed by atoms with E-state index in [4.69, 9.17) is 9.84 Å². The van der Waals surface area contributed by atoms with Gasteiger partial charge in [-0.2, -0.15) is 0 Å². The minimum absolute atomic E-state index is 0.172. The largest absolute Gasteiger partial charge is 0.480 e. The highest BCUT2D eigenvalue weighted by Crippen LogP contribution is 2.01. The average molecular weight is 232 g/mol. The van der Waals surface area contributed by atoms with Gasteiger partial charge < -0.3 is 20.1 Å². The number of rotatable bonds is 8. The van der Waals surface area contributed by atoms with E-state index in [1.165, 1.54) is 12.0 Å². The number of nitrogens with one attached hydrogen (secondary N) is 1. The van der Waals surface area contributed by atoms with Gasteiger partial charge in [-0.3, -0.25) is 9.59 Å². The molecule has 1 amide bonds. The molecular weight excluding hydrogens is 212 g/mol. The van der Waals surface area contributed by atoms with Crippen molar-refractivity contribution >= 4 is 11.9 Å². The van der Waals surface area contributed by atoms with Crippen LogP contribution in [0.2, 0.25) is 0 Å². The second-order valence-corrected chi connectivity index (χ2v) is 3.61. The maximum Gasteiger partial charge on any atom is 0.323 e. The molecule has 0 aliphatic carbocycles. The van der Waals surface area contributed by atoms with Gasteiger partial charge in [-0.25, -0.2) is 0 Å². The summed E-state index contributed by atoms with van der Waals surface area (Å²) in [4.78, 5) is 23.7. The number of ether oxygens (including phenoxy) is 1. The minimum Gasteiger partial charge on any atom is -0.480 e. The normalized spacial score (nSPS) is 12.2. The van der Waals surface area contributed by atoms with E-state index in [1.807, 2.05) is 0 Å². The molecule has 6 nitrogen and oxygen atoms in total. The number of nitrogens with zero attached hydrogens (tertiary/aromatic N) is 1. The predicted molar refractivity (Wildman–Crippen MR) is 59.2 cm³/mol. The van der Waals surface area contributed by atoms with Crippen LogP contribution in [0.25, 0.3) is 0 Å². The van der Waals surface area contributed by atoms with E-state index >= 15 is 0 Å². The standard InChI is InChI=1S/C10H20N2O4/c1-8(6-11-2)10(15)12(4-5-16-3)7-9(13)14/h8,11H,4-7H2,1-3H3,(H,13,14). The van der Waals surface area contributed by atoms with Crippen molar-refractivity contribution in [2.24, 2.45) is 5.92 Å². The van der Waals surface area contributed by atoms with Gasteiger partial charge in [0.05, 0.1) is 6.61 Å². The molecule has 0 saturated carbocycles. The molecule has 0 aliphatic rings. The summed E-state index contributed by atoms with van der Waals surface area (Å²) in [6.45, 7) is 2.65. The first-order valence-electron chi connectivity index (χ1n) is 5.17. The molecule has 0 spiro atoms. The molecule has 1 atom stereocenters. The van der Waals surface area contributed by atoms with E-state index in [2.05, 4.69) is 5.32 Å². The molecule has 0 radical (unpaired) electrons. The second kappa shape index (κ2) is 8.06. The number of aliphatic carboxylic acids is 1. The molecule has 0 rings (SSSR count). The van der Waals surface area contributed by atoms with Crippen LogP contribution in [0.4, 0.5) is 0 Å². The summed E-state index contributed by atoms with van der Waals surface area (Å²) in [5, 5.41) is 11.6. The van der Waals surface area contributed by atoms with Crippen LogP contribution in [-0.4, -0.2) is 62.3 Å². The van der Waals surface area contributed by atoms with Crippen molar-refractivity contribution in [1.29, 1.82) is 0 Å². The number of carbonyl (C=O) groups excluding carboxylic acids is 1. The summed E-state index contributed by atoms with van der Waals surface area (Å²) in [6.07, 6.45) is 0. The fraction of sp³-hybridized carbons (Fsp3) is 0.800. The van der Waals surface area contributed by atoms with E-state index in [9.17, 15) is 9.59 Å². The van der Waals surface area contributed by atoms with Crippen molar-refractivity contribution in [2.45, 2.75) is 6.92 Å². The molecule has 16 heavy (non-hydrogen) atoms. The molecule has 2 N–H and O–H groups in total. The Morgan fingerprint density at radius 2 is 2.12 bits per heavy atom. The fourth-order valence-corrected chi connectivity index (χ4v) is 1.34. The van der Waals surface area contributed by atoms with Crippen LogP contribution in [0.3, 0.4) is 0 Å². The second-order valence-electron chi connectivity index (χ2n) is 3.61. The highest BCUT2D eigenvalue weighted by atomic mass is 16.5. The van der Waals surface area contributed by atoms with Gasteiger partial charge in [0.15, 0.2) is 0 Å². The molecule has 0 aromatic heterocycles. The number of hydrogen-bond acceptors (Lipinski definition) is 4. The lowest BCUT2D eigenvalue weighted by molar-refractivity contribution is -0.146. The van der Waals surface area contributed by atoms with Crippen molar-refractivity contribution < 1.29 is 19.4 Å². The Kier molecular flexibility index (Phi) is 7.49. The van der Waals surface area contributed by atoms with Crippen LogP contribution >= 0.6 is 0 Å². The topological polar surface area (TPSA) is 78.9 Å². The molecule has 0 aliphatic heterocycles. The third-order valence-corrected chi connectivity index (χ3v) is 2.14. The first kappa shape index (κ1) is 14.9. The molecule has 94 valence electrons. The summed E-state index contributed by atoms with van der Waals surface area (Å²) in [6, 6.07) is 0. The number of carboxylic acids is 1. The fourth-order valence-electron chi connectivity index (χ4n) is 1.34. The first-order valence-corrected chi connectivity index (χ1v) is 5.17. The van der Waals surface area contributed by atoms with Crippen LogP contribution in [0.15, 0.2) is 0 Å². The maximum absolute atomic E-state index is 11.8. The van der Waals surface area contributed by atoms with Gasteiger partial charge in [-0.05, 0) is 7.05 Å². The van der Waals surface area contributed by atoms with E-state index in [0.717, 1.165) is 0 Å². The molecule has 0 fully saturated rings. The summed E-state index contributed by atoms with van der Waals surface area (Å²) < 4.78 is 4.84. The Morgan fingerprint density at radius 1 is 1.50 bits per heavy atom. The zero-order valence-electron chi connectivity index (χ0n) is 10.0. The Labute approximate surface area is 95.6 Å². The lowest BCUT2D eigenvalue weighted by Gasteiger charge is -2.23. The van der Waals surface area contributed by atoms with Gasteiger partial charge in [0.25, 0.3) is 0 Å². The number of carbonyl (C=O) groups is 2. The smallest absolute Gasteiger partial charge is 0.323 e. The highest BCUT2D eigenvalue weighted by molar-refractivity contribution is 5.83. The lowest BCUT2D eigenvalue weighted by Crippen LogP contribution is -2.43. The number of hydrogen-bond donors (Lipinski definition) is 2. The molecule has 0 bridgehead atoms.